The molecule has 140 valence electrons. The summed E-state index contributed by atoms with van der Waals surface area (Å²) in [5, 5.41) is 5.03. The van der Waals surface area contributed by atoms with Gasteiger partial charge < -0.3 is 14.8 Å². The molecule has 0 fully saturated rings. The molecule has 0 aliphatic rings. The number of rotatable bonds is 9. The Labute approximate surface area is 149 Å². The smallest absolute Gasteiger partial charge is 0.321 e. The van der Waals surface area contributed by atoms with Crippen LogP contribution in [0.2, 0.25) is 0 Å². The number of hydrogen-bond acceptors (Lipinski definition) is 5. The van der Waals surface area contributed by atoms with Gasteiger partial charge in [-0.15, -0.1) is 0 Å². The van der Waals surface area contributed by atoms with Crippen molar-refractivity contribution >= 4 is 11.9 Å². The third-order valence-electron chi connectivity index (χ3n) is 3.64. The minimum Gasteiger partial charge on any atom is -0.493 e. The van der Waals surface area contributed by atoms with Crippen molar-refractivity contribution in [3.05, 3.63) is 23.8 Å². The Morgan fingerprint density at radius 2 is 1.96 bits per heavy atom. The van der Waals surface area contributed by atoms with Crippen molar-refractivity contribution in [1.82, 2.24) is 15.5 Å². The van der Waals surface area contributed by atoms with Crippen molar-refractivity contribution in [2.75, 3.05) is 27.3 Å². The molecule has 0 heterocycles. The van der Waals surface area contributed by atoms with Crippen molar-refractivity contribution in [2.24, 2.45) is 0 Å². The predicted molar refractivity (Wildman–Crippen MR) is 96.9 cm³/mol. The molecule has 0 spiro atoms. The lowest BCUT2D eigenvalue weighted by molar-refractivity contribution is -0.121. The summed E-state index contributed by atoms with van der Waals surface area (Å²) in [7, 11) is 3.41. The lowest BCUT2D eigenvalue weighted by Gasteiger charge is -2.18. The summed E-state index contributed by atoms with van der Waals surface area (Å²) < 4.78 is 10.8. The first-order chi connectivity index (χ1) is 11.9. The second kappa shape index (κ2) is 10.6. The van der Waals surface area contributed by atoms with Crippen LogP contribution < -0.4 is 20.1 Å². The highest BCUT2D eigenvalue weighted by Gasteiger charge is 2.13. The fourth-order valence-electron chi connectivity index (χ4n) is 2.23. The van der Waals surface area contributed by atoms with Crippen LogP contribution in [0.4, 0.5) is 4.79 Å². The molecule has 0 aromatic heterocycles. The Morgan fingerprint density at radius 1 is 1.24 bits per heavy atom. The Kier molecular flexibility index (Phi) is 8.77. The Bertz CT molecular complexity index is 577. The summed E-state index contributed by atoms with van der Waals surface area (Å²) in [4.78, 5) is 25.4. The van der Waals surface area contributed by atoms with E-state index in [1.807, 2.05) is 50.9 Å². The number of urea groups is 1. The maximum Gasteiger partial charge on any atom is 0.321 e. The van der Waals surface area contributed by atoms with Gasteiger partial charge in [0.15, 0.2) is 11.5 Å². The second-order valence-corrected chi connectivity index (χ2v) is 5.92. The molecule has 0 saturated carbocycles. The van der Waals surface area contributed by atoms with Crippen LogP contribution in [-0.2, 0) is 11.3 Å². The molecule has 3 amide bonds. The summed E-state index contributed by atoms with van der Waals surface area (Å²) in [5.41, 5.74) is 0.986. The Balaban J connectivity index is 2.54. The molecule has 1 aromatic carbocycles. The SMILES string of the molecule is CCOc1ccc(CN(C)CC(=O)NC(=O)N[C@@H](C)CC)cc1OC. The first kappa shape index (κ1) is 20.8. The standard InChI is InChI=1S/C18H29N3O4/c1-6-13(3)19-18(23)20-17(22)12-21(4)11-14-8-9-15(25-7-2)16(10-14)24-5/h8-10,13H,6-7,11-12H2,1-5H3,(H2,19,20,22,23)/t13-/m0/s1. The molecule has 0 radical (unpaired) electrons. The summed E-state index contributed by atoms with van der Waals surface area (Å²) in [6.07, 6.45) is 0.807. The number of nitrogens with one attached hydrogen (secondary N) is 2. The molecule has 1 rings (SSSR count). The largest absolute Gasteiger partial charge is 0.493 e. The van der Waals surface area contributed by atoms with Gasteiger partial charge in [0, 0.05) is 12.6 Å². The number of nitrogens with zero attached hydrogens (tertiary/aromatic N) is 1. The maximum absolute atomic E-state index is 11.9. The fraction of sp³-hybridized carbons (Fsp3) is 0.556. The van der Waals surface area contributed by atoms with E-state index < -0.39 is 6.03 Å². The van der Waals surface area contributed by atoms with E-state index in [1.165, 1.54) is 0 Å². The molecule has 25 heavy (non-hydrogen) atoms. The minimum absolute atomic E-state index is 0.0295. The van der Waals surface area contributed by atoms with E-state index in [-0.39, 0.29) is 18.5 Å². The van der Waals surface area contributed by atoms with Crippen LogP contribution in [0.25, 0.3) is 0 Å². The van der Waals surface area contributed by atoms with E-state index in [9.17, 15) is 9.59 Å². The number of methoxy groups -OCH3 is 1. The number of amides is 3. The molecular weight excluding hydrogens is 322 g/mol. The number of benzene rings is 1. The van der Waals surface area contributed by atoms with Gasteiger partial charge in [-0.3, -0.25) is 15.0 Å². The van der Waals surface area contributed by atoms with Gasteiger partial charge in [-0.2, -0.15) is 0 Å². The van der Waals surface area contributed by atoms with Crippen LogP contribution in [-0.4, -0.2) is 50.2 Å². The second-order valence-electron chi connectivity index (χ2n) is 5.92. The zero-order valence-electron chi connectivity index (χ0n) is 15.7. The van der Waals surface area contributed by atoms with Gasteiger partial charge in [-0.1, -0.05) is 13.0 Å². The average Bonchev–Trinajstić information content (AvgIpc) is 2.55. The molecule has 2 N–H and O–H groups in total. The van der Waals surface area contributed by atoms with Crippen molar-refractivity contribution in [3.8, 4) is 11.5 Å². The van der Waals surface area contributed by atoms with Gasteiger partial charge >= 0.3 is 6.03 Å². The van der Waals surface area contributed by atoms with E-state index in [1.54, 1.807) is 7.11 Å². The van der Waals surface area contributed by atoms with Gasteiger partial charge in [-0.05, 0) is 45.0 Å². The highest BCUT2D eigenvalue weighted by molar-refractivity contribution is 5.95. The molecule has 0 bridgehead atoms. The van der Waals surface area contributed by atoms with Gasteiger partial charge in [0.2, 0.25) is 5.91 Å². The normalized spacial score (nSPS) is 11.8. The molecule has 7 nitrogen and oxygen atoms in total. The van der Waals surface area contributed by atoms with Crippen molar-refractivity contribution in [1.29, 1.82) is 0 Å². The molecule has 0 unspecified atom stereocenters. The molecule has 0 saturated heterocycles. The van der Waals surface area contributed by atoms with Gasteiger partial charge in [-0.25, -0.2) is 4.79 Å². The van der Waals surface area contributed by atoms with Crippen LogP contribution in [0.15, 0.2) is 18.2 Å². The Morgan fingerprint density at radius 3 is 2.56 bits per heavy atom. The van der Waals surface area contributed by atoms with Crippen LogP contribution in [0.5, 0.6) is 11.5 Å². The first-order valence-corrected chi connectivity index (χ1v) is 8.48. The van der Waals surface area contributed by atoms with Crippen LogP contribution in [0.1, 0.15) is 32.8 Å². The number of likely N-dealkylation sites (N-methyl/N-ethyl adjacent to an activating group) is 1. The van der Waals surface area contributed by atoms with Crippen molar-refractivity contribution < 1.29 is 19.1 Å². The minimum atomic E-state index is -0.463. The summed E-state index contributed by atoms with van der Waals surface area (Å²) in [6, 6.07) is 5.23. The molecule has 7 heteroatoms. The average molecular weight is 351 g/mol. The summed E-state index contributed by atoms with van der Waals surface area (Å²) >= 11 is 0. The van der Waals surface area contributed by atoms with Crippen molar-refractivity contribution in [3.63, 3.8) is 0 Å². The highest BCUT2D eigenvalue weighted by atomic mass is 16.5. The zero-order valence-corrected chi connectivity index (χ0v) is 15.7. The van der Waals surface area contributed by atoms with Crippen LogP contribution in [0.3, 0.4) is 0 Å². The summed E-state index contributed by atoms with van der Waals surface area (Å²) in [6.45, 7) is 6.99. The molecule has 0 aliphatic carbocycles. The maximum atomic E-state index is 11.9. The zero-order chi connectivity index (χ0) is 18.8. The van der Waals surface area contributed by atoms with E-state index >= 15 is 0 Å². The lowest BCUT2D eigenvalue weighted by atomic mass is 10.2. The summed E-state index contributed by atoms with van der Waals surface area (Å²) in [5.74, 6) is 1.00. The van der Waals surface area contributed by atoms with E-state index in [4.69, 9.17) is 9.47 Å². The van der Waals surface area contributed by atoms with Gasteiger partial charge in [0.25, 0.3) is 0 Å². The number of imide groups is 1. The molecule has 0 aliphatic heterocycles. The van der Waals surface area contributed by atoms with Crippen molar-refractivity contribution in [2.45, 2.75) is 39.8 Å². The predicted octanol–water partition coefficient (Wildman–Crippen LogP) is 2.15. The monoisotopic (exact) mass is 351 g/mol. The number of ether oxygens (including phenoxy) is 2. The fourth-order valence-corrected chi connectivity index (χ4v) is 2.23. The number of carbonyl (C=O) groups is 2. The quantitative estimate of drug-likeness (QED) is 0.713. The number of carbonyl (C=O) groups excluding carboxylic acids is 2. The van der Waals surface area contributed by atoms with E-state index in [2.05, 4.69) is 10.6 Å². The van der Waals surface area contributed by atoms with E-state index in [0.717, 1.165) is 12.0 Å². The molecule has 1 aromatic rings. The number of hydrogen-bond donors (Lipinski definition) is 2. The van der Waals surface area contributed by atoms with Crippen LogP contribution in [0, 0.1) is 0 Å². The Hall–Kier alpha value is -2.28. The van der Waals surface area contributed by atoms with E-state index in [0.29, 0.717) is 24.7 Å². The highest BCUT2D eigenvalue weighted by Crippen LogP contribution is 2.28. The molecule has 1 atom stereocenters. The van der Waals surface area contributed by atoms with Gasteiger partial charge in [0.1, 0.15) is 0 Å². The lowest BCUT2D eigenvalue weighted by Crippen LogP contribution is -2.46. The molecular formula is C18H29N3O4. The van der Waals surface area contributed by atoms with Crippen LogP contribution >= 0.6 is 0 Å². The third kappa shape index (κ3) is 7.43. The van der Waals surface area contributed by atoms with Gasteiger partial charge in [0.05, 0.1) is 20.3 Å². The third-order valence-corrected chi connectivity index (χ3v) is 3.64. The first-order valence-electron chi connectivity index (χ1n) is 8.48. The topological polar surface area (TPSA) is 79.9 Å².